The van der Waals surface area contributed by atoms with Gasteiger partial charge in [-0.15, -0.1) is 0 Å². The summed E-state index contributed by atoms with van der Waals surface area (Å²) in [5.41, 5.74) is -0.154. The highest BCUT2D eigenvalue weighted by Gasteiger charge is 2.38. The van der Waals surface area contributed by atoms with E-state index in [9.17, 15) is 4.79 Å². The second-order valence-corrected chi connectivity index (χ2v) is 6.90. The van der Waals surface area contributed by atoms with Gasteiger partial charge in [0.2, 0.25) is 5.91 Å². The normalized spacial score (nSPS) is 34.7. The smallest absolute Gasteiger partial charge is 0.229 e. The number of piperidine rings is 1. The predicted molar refractivity (Wildman–Crippen MR) is 73.3 cm³/mol. The molecule has 2 saturated heterocycles. The largest absolute Gasteiger partial charge is 0.340 e. The van der Waals surface area contributed by atoms with E-state index in [1.807, 2.05) is 11.8 Å². The standard InChI is InChI=1S/C13H24N2OS/c1-3-11-9-15(7-8-17-11)12(16)13(2)5-4-6-14-10-13/h11,14H,3-10H2,1-2H3. The van der Waals surface area contributed by atoms with E-state index in [1.54, 1.807) is 0 Å². The summed E-state index contributed by atoms with van der Waals surface area (Å²) >= 11 is 2.02. The van der Waals surface area contributed by atoms with E-state index in [0.29, 0.717) is 11.2 Å². The first kappa shape index (κ1) is 13.2. The highest BCUT2D eigenvalue weighted by molar-refractivity contribution is 8.00. The number of carbonyl (C=O) groups is 1. The van der Waals surface area contributed by atoms with Crippen LogP contribution in [0.25, 0.3) is 0 Å². The monoisotopic (exact) mass is 256 g/mol. The molecule has 2 unspecified atom stereocenters. The Morgan fingerprint density at radius 3 is 3.06 bits per heavy atom. The summed E-state index contributed by atoms with van der Waals surface area (Å²) in [5.74, 6) is 1.48. The predicted octanol–water partition coefficient (Wildman–Crippen LogP) is 1.73. The van der Waals surface area contributed by atoms with Crippen molar-refractivity contribution in [2.75, 3.05) is 31.9 Å². The quantitative estimate of drug-likeness (QED) is 0.816. The molecule has 0 radical (unpaired) electrons. The molecule has 2 aliphatic heterocycles. The van der Waals surface area contributed by atoms with E-state index in [-0.39, 0.29) is 5.41 Å². The average Bonchev–Trinajstić information content (AvgIpc) is 2.39. The van der Waals surface area contributed by atoms with Crippen molar-refractivity contribution in [1.82, 2.24) is 10.2 Å². The number of hydrogen-bond acceptors (Lipinski definition) is 3. The highest BCUT2D eigenvalue weighted by Crippen LogP contribution is 2.30. The number of amides is 1. The van der Waals surface area contributed by atoms with Crippen molar-refractivity contribution in [1.29, 1.82) is 0 Å². The second kappa shape index (κ2) is 5.61. The Labute approximate surface area is 109 Å². The zero-order chi connectivity index (χ0) is 12.3. The minimum absolute atomic E-state index is 0.154. The molecule has 0 saturated carbocycles. The Kier molecular flexibility index (Phi) is 4.36. The van der Waals surface area contributed by atoms with E-state index in [4.69, 9.17) is 0 Å². The molecule has 17 heavy (non-hydrogen) atoms. The number of nitrogens with one attached hydrogen (secondary N) is 1. The van der Waals surface area contributed by atoms with E-state index in [2.05, 4.69) is 24.1 Å². The van der Waals surface area contributed by atoms with Gasteiger partial charge in [0.25, 0.3) is 0 Å². The van der Waals surface area contributed by atoms with Gasteiger partial charge in [-0.3, -0.25) is 4.79 Å². The molecule has 2 rings (SSSR count). The lowest BCUT2D eigenvalue weighted by Gasteiger charge is -2.40. The van der Waals surface area contributed by atoms with Crippen molar-refractivity contribution >= 4 is 17.7 Å². The lowest BCUT2D eigenvalue weighted by Crippen LogP contribution is -2.53. The fourth-order valence-electron chi connectivity index (χ4n) is 2.77. The fraction of sp³-hybridized carbons (Fsp3) is 0.923. The molecule has 1 amide bonds. The van der Waals surface area contributed by atoms with Crippen LogP contribution in [0.1, 0.15) is 33.1 Å². The van der Waals surface area contributed by atoms with E-state index < -0.39 is 0 Å². The van der Waals surface area contributed by atoms with Crippen LogP contribution in [0.4, 0.5) is 0 Å². The van der Waals surface area contributed by atoms with Crippen LogP contribution in [0.15, 0.2) is 0 Å². The minimum Gasteiger partial charge on any atom is -0.340 e. The molecule has 2 fully saturated rings. The minimum atomic E-state index is -0.154. The molecule has 98 valence electrons. The number of rotatable bonds is 2. The molecule has 0 spiro atoms. The van der Waals surface area contributed by atoms with Gasteiger partial charge in [0.1, 0.15) is 0 Å². The van der Waals surface area contributed by atoms with Crippen LogP contribution in [-0.2, 0) is 4.79 Å². The molecule has 1 N–H and O–H groups in total. The first-order valence-electron chi connectivity index (χ1n) is 6.77. The van der Waals surface area contributed by atoms with E-state index in [1.165, 1.54) is 6.42 Å². The molecule has 0 aromatic heterocycles. The number of hydrogen-bond donors (Lipinski definition) is 1. The lowest BCUT2D eigenvalue weighted by molar-refractivity contribution is -0.142. The number of carbonyl (C=O) groups excluding carboxylic acids is 1. The summed E-state index contributed by atoms with van der Waals surface area (Å²) in [6.45, 7) is 8.16. The number of thioether (sulfide) groups is 1. The van der Waals surface area contributed by atoms with E-state index in [0.717, 1.165) is 44.8 Å². The molecule has 2 aliphatic rings. The van der Waals surface area contributed by atoms with Gasteiger partial charge in [0.15, 0.2) is 0 Å². The maximum atomic E-state index is 12.6. The molecule has 3 nitrogen and oxygen atoms in total. The van der Waals surface area contributed by atoms with Crippen molar-refractivity contribution in [3.05, 3.63) is 0 Å². The maximum Gasteiger partial charge on any atom is 0.229 e. The molecule has 0 aromatic rings. The first-order chi connectivity index (χ1) is 8.15. The Morgan fingerprint density at radius 1 is 1.59 bits per heavy atom. The first-order valence-corrected chi connectivity index (χ1v) is 7.82. The topological polar surface area (TPSA) is 32.3 Å². The second-order valence-electron chi connectivity index (χ2n) is 5.49. The molecule has 4 heteroatoms. The van der Waals surface area contributed by atoms with Crippen molar-refractivity contribution in [2.45, 2.75) is 38.4 Å². The van der Waals surface area contributed by atoms with Crippen molar-refractivity contribution in [3.63, 3.8) is 0 Å². The average molecular weight is 256 g/mol. The zero-order valence-electron chi connectivity index (χ0n) is 11.0. The van der Waals surface area contributed by atoms with Crippen molar-refractivity contribution < 1.29 is 4.79 Å². The van der Waals surface area contributed by atoms with Crippen LogP contribution >= 0.6 is 11.8 Å². The third-order valence-corrected chi connectivity index (χ3v) is 5.37. The lowest BCUT2D eigenvalue weighted by atomic mass is 9.81. The van der Waals surface area contributed by atoms with Gasteiger partial charge in [-0.1, -0.05) is 6.92 Å². The van der Waals surface area contributed by atoms with Gasteiger partial charge in [-0.25, -0.2) is 0 Å². The third kappa shape index (κ3) is 2.97. The number of nitrogens with zero attached hydrogens (tertiary/aromatic N) is 1. The Balaban J connectivity index is 1.98. The van der Waals surface area contributed by atoms with Crippen LogP contribution in [0.2, 0.25) is 0 Å². The zero-order valence-corrected chi connectivity index (χ0v) is 11.8. The van der Waals surface area contributed by atoms with Crippen LogP contribution in [-0.4, -0.2) is 48.0 Å². The van der Waals surface area contributed by atoms with Crippen molar-refractivity contribution in [3.8, 4) is 0 Å². The summed E-state index contributed by atoms with van der Waals surface area (Å²) in [6, 6.07) is 0. The van der Waals surface area contributed by atoms with Crippen LogP contribution < -0.4 is 5.32 Å². The molecule has 0 aromatic carbocycles. The molecule has 2 atom stereocenters. The SMILES string of the molecule is CCC1CN(C(=O)C2(C)CCCNC2)CCS1. The van der Waals surface area contributed by atoms with Gasteiger partial charge in [-0.05, 0) is 32.7 Å². The Bertz CT molecular complexity index is 277. The highest BCUT2D eigenvalue weighted by atomic mass is 32.2. The molecule has 2 heterocycles. The fourth-order valence-corrected chi connectivity index (χ4v) is 3.95. The molecule has 0 bridgehead atoms. The summed E-state index contributed by atoms with van der Waals surface area (Å²) in [7, 11) is 0. The Hall–Kier alpha value is -0.220. The van der Waals surface area contributed by atoms with Gasteiger partial charge >= 0.3 is 0 Å². The summed E-state index contributed by atoms with van der Waals surface area (Å²) < 4.78 is 0. The van der Waals surface area contributed by atoms with Gasteiger partial charge < -0.3 is 10.2 Å². The molecular formula is C13H24N2OS. The van der Waals surface area contributed by atoms with Gasteiger partial charge in [-0.2, -0.15) is 11.8 Å². The summed E-state index contributed by atoms with van der Waals surface area (Å²) in [6.07, 6.45) is 3.34. The maximum absolute atomic E-state index is 12.6. The van der Waals surface area contributed by atoms with Crippen LogP contribution in [0.3, 0.4) is 0 Å². The van der Waals surface area contributed by atoms with Gasteiger partial charge in [0, 0.05) is 30.6 Å². The van der Waals surface area contributed by atoms with Gasteiger partial charge in [0.05, 0.1) is 5.41 Å². The summed E-state index contributed by atoms with van der Waals surface area (Å²) in [5, 5.41) is 4.01. The van der Waals surface area contributed by atoms with Crippen LogP contribution in [0.5, 0.6) is 0 Å². The van der Waals surface area contributed by atoms with Crippen molar-refractivity contribution in [2.24, 2.45) is 5.41 Å². The Morgan fingerprint density at radius 2 is 2.41 bits per heavy atom. The third-order valence-electron chi connectivity index (χ3n) is 3.99. The van der Waals surface area contributed by atoms with E-state index >= 15 is 0 Å². The summed E-state index contributed by atoms with van der Waals surface area (Å²) in [4.78, 5) is 14.7. The molecular weight excluding hydrogens is 232 g/mol. The van der Waals surface area contributed by atoms with Crippen LogP contribution in [0, 0.1) is 5.41 Å². The molecule has 0 aliphatic carbocycles.